The van der Waals surface area contributed by atoms with E-state index >= 15 is 0 Å². The van der Waals surface area contributed by atoms with E-state index in [9.17, 15) is 4.79 Å². The van der Waals surface area contributed by atoms with Crippen molar-refractivity contribution in [2.75, 3.05) is 19.7 Å². The van der Waals surface area contributed by atoms with Crippen LogP contribution in [0.3, 0.4) is 0 Å². The molecule has 3 rings (SSSR count). The molecule has 0 bridgehead atoms. The molecule has 1 fully saturated rings. The molecule has 1 saturated heterocycles. The molecule has 1 amide bonds. The number of nitrogens with zero attached hydrogens (tertiary/aromatic N) is 4. The van der Waals surface area contributed by atoms with Crippen LogP contribution in [0.2, 0.25) is 0 Å². The molecule has 0 radical (unpaired) electrons. The van der Waals surface area contributed by atoms with E-state index in [1.165, 1.54) is 11.3 Å². The molecule has 2 aromatic heterocycles. The van der Waals surface area contributed by atoms with Crippen molar-refractivity contribution >= 4 is 22.2 Å². The van der Waals surface area contributed by atoms with Crippen molar-refractivity contribution in [3.63, 3.8) is 0 Å². The minimum absolute atomic E-state index is 0.0148. The Balaban J connectivity index is 1.48. The normalized spacial score (nSPS) is 18.0. The van der Waals surface area contributed by atoms with E-state index in [0.29, 0.717) is 13.0 Å². The van der Waals surface area contributed by atoms with Crippen molar-refractivity contribution in [2.24, 2.45) is 0 Å². The quantitative estimate of drug-likeness (QED) is 0.903. The van der Waals surface area contributed by atoms with Crippen LogP contribution >= 0.6 is 11.3 Å². The lowest BCUT2D eigenvalue weighted by atomic mass is 10.2. The summed E-state index contributed by atoms with van der Waals surface area (Å²) in [6.45, 7) is 4.24. The molecule has 0 saturated carbocycles. The minimum Gasteiger partial charge on any atom is -0.348 e. The molecule has 1 atom stereocenters. The lowest BCUT2D eigenvalue weighted by molar-refractivity contribution is -0.181. The summed E-state index contributed by atoms with van der Waals surface area (Å²) in [6.07, 6.45) is 4.52. The van der Waals surface area contributed by atoms with E-state index in [-0.39, 0.29) is 11.9 Å². The van der Waals surface area contributed by atoms with Crippen molar-refractivity contribution < 1.29 is 9.63 Å². The molecule has 0 unspecified atom stereocenters. The van der Waals surface area contributed by atoms with Gasteiger partial charge in [-0.05, 0) is 19.8 Å². The molecule has 114 valence electrons. The monoisotopic (exact) mass is 309 g/mol. The predicted octanol–water partition coefficient (Wildman–Crippen LogP) is 1.39. The van der Waals surface area contributed by atoms with Crippen LogP contribution in [0.25, 0.3) is 4.96 Å². The van der Waals surface area contributed by atoms with Crippen LogP contribution in [-0.4, -0.2) is 45.3 Å². The van der Waals surface area contributed by atoms with Gasteiger partial charge in [0, 0.05) is 19.5 Å². The van der Waals surface area contributed by atoms with Crippen molar-refractivity contribution in [3.8, 4) is 0 Å². The van der Waals surface area contributed by atoms with Gasteiger partial charge in [0.25, 0.3) is 0 Å². The average molecular weight is 309 g/mol. The van der Waals surface area contributed by atoms with E-state index in [4.69, 9.17) is 4.84 Å². The number of hydrogen-bond acceptors (Lipinski definition) is 6. The number of amides is 1. The first-order valence-electron chi connectivity index (χ1n) is 7.18. The molecule has 7 nitrogen and oxygen atoms in total. The highest BCUT2D eigenvalue weighted by molar-refractivity contribution is 7.14. The number of hydrogen-bond donors (Lipinski definition) is 1. The lowest BCUT2D eigenvalue weighted by Crippen LogP contribution is -2.35. The third kappa shape index (κ3) is 3.58. The molecule has 0 aliphatic carbocycles. The van der Waals surface area contributed by atoms with E-state index < -0.39 is 0 Å². The summed E-state index contributed by atoms with van der Waals surface area (Å²) < 4.78 is 1.73. The third-order valence-electron chi connectivity index (χ3n) is 3.49. The van der Waals surface area contributed by atoms with E-state index in [0.717, 1.165) is 36.6 Å². The van der Waals surface area contributed by atoms with Gasteiger partial charge in [0.15, 0.2) is 0 Å². The summed E-state index contributed by atoms with van der Waals surface area (Å²) in [5.41, 5.74) is 2.57. The van der Waals surface area contributed by atoms with Crippen molar-refractivity contribution in [1.82, 2.24) is 25.0 Å². The second-order valence-electron chi connectivity index (χ2n) is 5.14. The van der Waals surface area contributed by atoms with E-state index in [1.54, 1.807) is 10.0 Å². The maximum Gasteiger partial charge on any atom is 0.221 e. The highest BCUT2D eigenvalue weighted by Crippen LogP contribution is 2.15. The number of carbonyl (C=O) groups is 1. The molecule has 0 spiro atoms. The molecule has 1 aliphatic rings. The van der Waals surface area contributed by atoms with Gasteiger partial charge >= 0.3 is 0 Å². The average Bonchev–Trinajstić information content (AvgIpc) is 3.07. The zero-order valence-corrected chi connectivity index (χ0v) is 12.8. The first-order valence-corrected chi connectivity index (χ1v) is 8.06. The summed E-state index contributed by atoms with van der Waals surface area (Å²) in [5, 5.41) is 8.98. The van der Waals surface area contributed by atoms with Gasteiger partial charge in [0.05, 0.1) is 24.5 Å². The lowest BCUT2D eigenvalue weighted by Gasteiger charge is -2.25. The molecular weight excluding hydrogens is 290 g/mol. The Bertz CT molecular complexity index is 576. The number of fused-ring (bicyclic) bond motifs is 1. The first-order chi connectivity index (χ1) is 10.2. The number of nitrogens with one attached hydrogen (secondary N) is 1. The van der Waals surface area contributed by atoms with Crippen molar-refractivity contribution in [1.29, 1.82) is 0 Å². The molecule has 1 aliphatic heterocycles. The maximum absolute atomic E-state index is 12.0. The van der Waals surface area contributed by atoms with Gasteiger partial charge in [0.2, 0.25) is 10.9 Å². The van der Waals surface area contributed by atoms with E-state index in [2.05, 4.69) is 15.4 Å². The maximum atomic E-state index is 12.0. The largest absolute Gasteiger partial charge is 0.348 e. The molecule has 21 heavy (non-hydrogen) atoms. The Labute approximate surface area is 126 Å². The SMILES string of the molecule is C[C@H](NC(=O)CCN1CCCCO1)c1cn2ncsc2n1. The second kappa shape index (κ2) is 6.50. The standard InChI is InChI=1S/C13H19N5O2S/c1-10(11-8-18-13(16-11)21-9-14-18)15-12(19)4-6-17-5-2-3-7-20-17/h8-10H,2-7H2,1H3,(H,15,19)/t10-/m0/s1. The Morgan fingerprint density at radius 1 is 1.57 bits per heavy atom. The zero-order valence-electron chi connectivity index (χ0n) is 12.0. The smallest absolute Gasteiger partial charge is 0.221 e. The Hall–Kier alpha value is -1.51. The van der Waals surface area contributed by atoms with Gasteiger partial charge in [-0.3, -0.25) is 9.63 Å². The van der Waals surface area contributed by atoms with Crippen LogP contribution in [-0.2, 0) is 9.63 Å². The van der Waals surface area contributed by atoms with Gasteiger partial charge in [-0.25, -0.2) is 9.50 Å². The van der Waals surface area contributed by atoms with Crippen LogP contribution in [0.15, 0.2) is 11.7 Å². The molecular formula is C13H19N5O2S. The highest BCUT2D eigenvalue weighted by atomic mass is 32.1. The van der Waals surface area contributed by atoms with Gasteiger partial charge in [-0.2, -0.15) is 10.2 Å². The first kappa shape index (κ1) is 14.4. The van der Waals surface area contributed by atoms with Crippen molar-refractivity contribution in [3.05, 3.63) is 17.4 Å². The van der Waals surface area contributed by atoms with Gasteiger partial charge < -0.3 is 5.32 Å². The topological polar surface area (TPSA) is 71.8 Å². The summed E-state index contributed by atoms with van der Waals surface area (Å²) >= 11 is 1.48. The third-order valence-corrected chi connectivity index (χ3v) is 4.18. The number of rotatable bonds is 5. The number of aromatic nitrogens is 3. The number of hydroxylamine groups is 2. The van der Waals surface area contributed by atoms with Crippen LogP contribution in [0, 0.1) is 0 Å². The number of imidazole rings is 1. The van der Waals surface area contributed by atoms with Crippen LogP contribution < -0.4 is 5.32 Å². The summed E-state index contributed by atoms with van der Waals surface area (Å²) in [6, 6.07) is -0.117. The fourth-order valence-corrected chi connectivity index (χ4v) is 2.91. The minimum atomic E-state index is -0.117. The Kier molecular flexibility index (Phi) is 4.47. The van der Waals surface area contributed by atoms with Crippen molar-refractivity contribution in [2.45, 2.75) is 32.2 Å². The summed E-state index contributed by atoms with van der Waals surface area (Å²) in [7, 11) is 0. The molecule has 2 aromatic rings. The Morgan fingerprint density at radius 2 is 2.48 bits per heavy atom. The summed E-state index contributed by atoms with van der Waals surface area (Å²) in [5.74, 6) is 0.0148. The molecule has 1 N–H and O–H groups in total. The molecule has 8 heteroatoms. The van der Waals surface area contributed by atoms with Crippen LogP contribution in [0.4, 0.5) is 0 Å². The van der Waals surface area contributed by atoms with Gasteiger partial charge in [0.1, 0.15) is 5.51 Å². The van der Waals surface area contributed by atoms with Crippen LogP contribution in [0.5, 0.6) is 0 Å². The van der Waals surface area contributed by atoms with E-state index in [1.807, 2.05) is 18.2 Å². The van der Waals surface area contributed by atoms with Crippen LogP contribution in [0.1, 0.15) is 37.9 Å². The predicted molar refractivity (Wildman–Crippen MR) is 78.8 cm³/mol. The highest BCUT2D eigenvalue weighted by Gasteiger charge is 2.16. The Morgan fingerprint density at radius 3 is 3.24 bits per heavy atom. The fraction of sp³-hybridized carbons (Fsp3) is 0.615. The molecule has 3 heterocycles. The zero-order chi connectivity index (χ0) is 14.7. The molecule has 0 aromatic carbocycles. The number of carbonyl (C=O) groups excluding carboxylic acids is 1. The summed E-state index contributed by atoms with van der Waals surface area (Å²) in [4.78, 5) is 22.7. The fourth-order valence-electron chi connectivity index (χ4n) is 2.30. The van der Waals surface area contributed by atoms with Gasteiger partial charge in [-0.1, -0.05) is 11.3 Å². The second-order valence-corrected chi connectivity index (χ2v) is 5.95. The van der Waals surface area contributed by atoms with Gasteiger partial charge in [-0.15, -0.1) is 0 Å².